The van der Waals surface area contributed by atoms with Crippen molar-refractivity contribution in [2.45, 2.75) is 19.9 Å². The fraction of sp³-hybridized carbons (Fsp3) is 0.273. The number of anilines is 2. The molecule has 84 valence electrons. The molecule has 2 aromatic rings. The van der Waals surface area contributed by atoms with E-state index in [-0.39, 0.29) is 6.04 Å². The van der Waals surface area contributed by atoms with Crippen molar-refractivity contribution in [2.75, 3.05) is 11.1 Å². The van der Waals surface area contributed by atoms with Crippen molar-refractivity contribution in [1.29, 1.82) is 0 Å². The highest BCUT2D eigenvalue weighted by Gasteiger charge is 2.09. The quantitative estimate of drug-likeness (QED) is 0.686. The van der Waals surface area contributed by atoms with Gasteiger partial charge in [0.05, 0.1) is 17.4 Å². The van der Waals surface area contributed by atoms with Gasteiger partial charge in [0.1, 0.15) is 12.2 Å². The molecule has 0 aliphatic heterocycles. The van der Waals surface area contributed by atoms with Crippen LogP contribution in [-0.2, 0) is 0 Å². The Labute approximate surface area is 94.1 Å². The van der Waals surface area contributed by atoms with E-state index in [9.17, 15) is 0 Å². The van der Waals surface area contributed by atoms with E-state index in [1.165, 1.54) is 6.33 Å². The van der Waals surface area contributed by atoms with Crippen LogP contribution in [0.25, 0.3) is 0 Å². The van der Waals surface area contributed by atoms with Crippen molar-refractivity contribution in [3.63, 3.8) is 0 Å². The Balaban J connectivity index is 2.15. The first kappa shape index (κ1) is 10.5. The summed E-state index contributed by atoms with van der Waals surface area (Å²) in [4.78, 5) is 4.09. The molecular weight excluding hydrogens is 202 g/mol. The monoisotopic (exact) mass is 217 g/mol. The maximum atomic E-state index is 5.91. The van der Waals surface area contributed by atoms with E-state index in [0.29, 0.717) is 0 Å². The molecular formula is C11H15N5. The zero-order valence-corrected chi connectivity index (χ0v) is 9.36. The van der Waals surface area contributed by atoms with Gasteiger partial charge in [-0.2, -0.15) is 5.10 Å². The second-order valence-corrected chi connectivity index (χ2v) is 3.83. The Hall–Kier alpha value is -2.04. The zero-order chi connectivity index (χ0) is 11.5. The van der Waals surface area contributed by atoms with Crippen LogP contribution in [0.4, 0.5) is 11.4 Å². The van der Waals surface area contributed by atoms with Gasteiger partial charge in [-0.25, -0.2) is 4.98 Å². The highest BCUT2D eigenvalue weighted by Crippen LogP contribution is 2.23. The molecule has 1 aromatic carbocycles. The lowest BCUT2D eigenvalue weighted by Gasteiger charge is -2.14. The van der Waals surface area contributed by atoms with Crippen molar-refractivity contribution < 1.29 is 0 Å². The minimum atomic E-state index is 0.0486. The minimum absolute atomic E-state index is 0.0486. The predicted molar refractivity (Wildman–Crippen MR) is 64.0 cm³/mol. The molecule has 0 amide bonds. The Bertz CT molecular complexity index is 463. The molecule has 2 rings (SSSR count). The number of H-pyrrole nitrogens is 1. The summed E-state index contributed by atoms with van der Waals surface area (Å²) in [7, 11) is 0. The fourth-order valence-electron chi connectivity index (χ4n) is 1.54. The first-order chi connectivity index (χ1) is 7.66. The highest BCUT2D eigenvalue weighted by atomic mass is 15.2. The topological polar surface area (TPSA) is 79.6 Å². The van der Waals surface area contributed by atoms with Crippen molar-refractivity contribution in [3.8, 4) is 0 Å². The van der Waals surface area contributed by atoms with Crippen LogP contribution in [-0.4, -0.2) is 15.2 Å². The van der Waals surface area contributed by atoms with Gasteiger partial charge < -0.3 is 11.1 Å². The SMILES string of the molecule is Cc1ccc(NC(C)c2ncn[nH]2)c(N)c1. The Morgan fingerprint density at radius 2 is 2.25 bits per heavy atom. The molecule has 5 nitrogen and oxygen atoms in total. The molecule has 1 heterocycles. The Morgan fingerprint density at radius 3 is 2.88 bits per heavy atom. The number of hydrogen-bond donors (Lipinski definition) is 3. The number of nitrogens with two attached hydrogens (primary N) is 1. The van der Waals surface area contributed by atoms with Crippen LogP contribution in [0.5, 0.6) is 0 Å². The van der Waals surface area contributed by atoms with Gasteiger partial charge in [0.25, 0.3) is 0 Å². The van der Waals surface area contributed by atoms with Crippen molar-refractivity contribution in [2.24, 2.45) is 0 Å². The molecule has 1 aromatic heterocycles. The van der Waals surface area contributed by atoms with E-state index < -0.39 is 0 Å². The molecule has 1 atom stereocenters. The van der Waals surface area contributed by atoms with Crippen LogP contribution in [0.2, 0.25) is 0 Å². The maximum Gasteiger partial charge on any atom is 0.146 e. The normalized spacial score (nSPS) is 12.4. The summed E-state index contributed by atoms with van der Waals surface area (Å²) in [6, 6.07) is 5.98. The third-order valence-electron chi connectivity index (χ3n) is 2.42. The van der Waals surface area contributed by atoms with E-state index in [4.69, 9.17) is 5.73 Å². The molecule has 0 saturated carbocycles. The van der Waals surface area contributed by atoms with Gasteiger partial charge in [-0.05, 0) is 31.5 Å². The van der Waals surface area contributed by atoms with Crippen molar-refractivity contribution >= 4 is 11.4 Å². The first-order valence-electron chi connectivity index (χ1n) is 5.15. The standard InChI is InChI=1S/C11H15N5/c1-7-3-4-10(9(12)5-7)15-8(2)11-13-6-14-16-11/h3-6,8,15H,12H2,1-2H3,(H,13,14,16). The number of hydrogen-bond acceptors (Lipinski definition) is 4. The minimum Gasteiger partial charge on any atom is -0.397 e. The first-order valence-corrected chi connectivity index (χ1v) is 5.15. The van der Waals surface area contributed by atoms with Crippen LogP contribution in [0.3, 0.4) is 0 Å². The fourth-order valence-corrected chi connectivity index (χ4v) is 1.54. The molecule has 1 unspecified atom stereocenters. The van der Waals surface area contributed by atoms with Gasteiger partial charge in [-0.1, -0.05) is 6.07 Å². The summed E-state index contributed by atoms with van der Waals surface area (Å²) in [5.74, 6) is 0.792. The number of benzene rings is 1. The van der Waals surface area contributed by atoms with Crippen LogP contribution < -0.4 is 11.1 Å². The number of nitrogens with one attached hydrogen (secondary N) is 2. The predicted octanol–water partition coefficient (Wildman–Crippen LogP) is 1.87. The average molecular weight is 217 g/mol. The third kappa shape index (κ3) is 2.13. The van der Waals surface area contributed by atoms with Crippen molar-refractivity contribution in [1.82, 2.24) is 15.2 Å². The molecule has 5 heteroatoms. The van der Waals surface area contributed by atoms with Gasteiger partial charge >= 0.3 is 0 Å². The van der Waals surface area contributed by atoms with Gasteiger partial charge in [-0.3, -0.25) is 5.10 Å². The molecule has 0 spiro atoms. The van der Waals surface area contributed by atoms with Crippen LogP contribution in [0.15, 0.2) is 24.5 Å². The van der Waals surface area contributed by atoms with E-state index >= 15 is 0 Å². The third-order valence-corrected chi connectivity index (χ3v) is 2.42. The number of nitrogens with zero attached hydrogens (tertiary/aromatic N) is 2. The molecule has 0 fully saturated rings. The Morgan fingerprint density at radius 1 is 1.44 bits per heavy atom. The number of aryl methyl sites for hydroxylation is 1. The van der Waals surface area contributed by atoms with Gasteiger partial charge in [0, 0.05) is 0 Å². The molecule has 16 heavy (non-hydrogen) atoms. The lowest BCUT2D eigenvalue weighted by atomic mass is 10.2. The van der Waals surface area contributed by atoms with Crippen LogP contribution >= 0.6 is 0 Å². The van der Waals surface area contributed by atoms with Gasteiger partial charge in [-0.15, -0.1) is 0 Å². The second-order valence-electron chi connectivity index (χ2n) is 3.83. The zero-order valence-electron chi connectivity index (χ0n) is 9.36. The van der Waals surface area contributed by atoms with Gasteiger partial charge in [0.2, 0.25) is 0 Å². The number of rotatable bonds is 3. The summed E-state index contributed by atoms with van der Waals surface area (Å²) in [5.41, 5.74) is 8.72. The molecule has 0 aliphatic carbocycles. The summed E-state index contributed by atoms with van der Waals surface area (Å²) >= 11 is 0. The number of aromatic amines is 1. The van der Waals surface area contributed by atoms with Crippen LogP contribution in [0.1, 0.15) is 24.4 Å². The lowest BCUT2D eigenvalue weighted by molar-refractivity contribution is 0.796. The summed E-state index contributed by atoms with van der Waals surface area (Å²) in [6.07, 6.45) is 1.49. The molecule has 0 bridgehead atoms. The van der Waals surface area contributed by atoms with E-state index in [1.54, 1.807) is 0 Å². The maximum absolute atomic E-state index is 5.91. The van der Waals surface area contributed by atoms with Crippen molar-refractivity contribution in [3.05, 3.63) is 35.9 Å². The second kappa shape index (κ2) is 4.22. The smallest absolute Gasteiger partial charge is 0.146 e. The van der Waals surface area contributed by atoms with Crippen LogP contribution in [0, 0.1) is 6.92 Å². The average Bonchev–Trinajstić information content (AvgIpc) is 2.75. The lowest BCUT2D eigenvalue weighted by Crippen LogP contribution is -2.10. The van der Waals surface area contributed by atoms with E-state index in [1.807, 2.05) is 32.0 Å². The summed E-state index contributed by atoms with van der Waals surface area (Å²) in [5, 5.41) is 9.92. The largest absolute Gasteiger partial charge is 0.397 e. The van der Waals surface area contributed by atoms with E-state index in [2.05, 4.69) is 20.5 Å². The summed E-state index contributed by atoms with van der Waals surface area (Å²) < 4.78 is 0. The Kier molecular flexibility index (Phi) is 2.76. The number of aromatic nitrogens is 3. The van der Waals surface area contributed by atoms with E-state index in [0.717, 1.165) is 22.8 Å². The molecule has 0 saturated heterocycles. The summed E-state index contributed by atoms with van der Waals surface area (Å²) in [6.45, 7) is 4.01. The molecule has 0 radical (unpaired) electrons. The molecule has 4 N–H and O–H groups in total. The molecule has 0 aliphatic rings. The highest BCUT2D eigenvalue weighted by molar-refractivity contribution is 5.67. The van der Waals surface area contributed by atoms with Gasteiger partial charge in [0.15, 0.2) is 0 Å². The number of nitrogen functional groups attached to an aromatic ring is 1.